The molecule has 0 saturated heterocycles. The van der Waals surface area contributed by atoms with Crippen LogP contribution in [0.25, 0.3) is 0 Å². The summed E-state index contributed by atoms with van der Waals surface area (Å²) in [5.74, 6) is 1.53. The molecule has 1 N–H and O–H groups in total. The Morgan fingerprint density at radius 1 is 1.20 bits per heavy atom. The second-order valence-electron chi connectivity index (χ2n) is 4.49. The van der Waals surface area contributed by atoms with Gasteiger partial charge in [0.05, 0.1) is 14.2 Å². The number of benzene rings is 1. The predicted molar refractivity (Wildman–Crippen MR) is 78.1 cm³/mol. The average Bonchev–Trinajstić information content (AvgIpc) is 3.00. The van der Waals surface area contributed by atoms with E-state index >= 15 is 0 Å². The molecule has 1 heterocycles. The van der Waals surface area contributed by atoms with E-state index in [2.05, 4.69) is 10.4 Å². The Bertz CT molecular complexity index is 512. The maximum absolute atomic E-state index is 5.29. The van der Waals surface area contributed by atoms with Crippen molar-refractivity contribution >= 4 is 0 Å². The van der Waals surface area contributed by atoms with Crippen LogP contribution in [0.2, 0.25) is 0 Å². The number of hydrogen-bond donors (Lipinski definition) is 1. The summed E-state index contributed by atoms with van der Waals surface area (Å²) in [5, 5.41) is 7.59. The van der Waals surface area contributed by atoms with Crippen LogP contribution in [0.3, 0.4) is 0 Å². The summed E-state index contributed by atoms with van der Waals surface area (Å²) in [7, 11) is 3.30. The van der Waals surface area contributed by atoms with Crippen LogP contribution < -0.4 is 14.8 Å². The minimum atomic E-state index is 0.759. The van der Waals surface area contributed by atoms with Gasteiger partial charge in [-0.3, -0.25) is 4.68 Å². The molecule has 5 nitrogen and oxygen atoms in total. The van der Waals surface area contributed by atoms with Gasteiger partial charge >= 0.3 is 0 Å². The second kappa shape index (κ2) is 7.55. The molecule has 0 fully saturated rings. The normalized spacial score (nSPS) is 10.5. The highest BCUT2D eigenvalue weighted by molar-refractivity contribution is 5.42. The lowest BCUT2D eigenvalue weighted by molar-refractivity contribution is 0.354. The maximum atomic E-state index is 5.29. The summed E-state index contributed by atoms with van der Waals surface area (Å²) >= 11 is 0. The van der Waals surface area contributed by atoms with Gasteiger partial charge in [-0.2, -0.15) is 5.10 Å². The van der Waals surface area contributed by atoms with Gasteiger partial charge in [-0.25, -0.2) is 0 Å². The molecule has 2 rings (SSSR count). The van der Waals surface area contributed by atoms with Gasteiger partial charge in [-0.1, -0.05) is 6.07 Å². The molecule has 0 amide bonds. The summed E-state index contributed by atoms with van der Waals surface area (Å²) in [6, 6.07) is 7.91. The first kappa shape index (κ1) is 14.4. The van der Waals surface area contributed by atoms with Crippen molar-refractivity contribution in [3.8, 4) is 11.5 Å². The second-order valence-corrected chi connectivity index (χ2v) is 4.49. The molecule has 0 saturated carbocycles. The van der Waals surface area contributed by atoms with Crippen LogP contribution in [0.15, 0.2) is 36.7 Å². The molecule has 0 bridgehead atoms. The van der Waals surface area contributed by atoms with Crippen LogP contribution >= 0.6 is 0 Å². The monoisotopic (exact) mass is 275 g/mol. The largest absolute Gasteiger partial charge is 0.493 e. The number of aryl methyl sites for hydroxylation is 1. The predicted octanol–water partition coefficient (Wildman–Crippen LogP) is 2.08. The van der Waals surface area contributed by atoms with Crippen molar-refractivity contribution in [2.45, 2.75) is 19.5 Å². The molecule has 0 aliphatic carbocycles. The van der Waals surface area contributed by atoms with Gasteiger partial charge in [0.1, 0.15) is 0 Å². The van der Waals surface area contributed by atoms with Crippen molar-refractivity contribution in [1.82, 2.24) is 15.1 Å². The summed E-state index contributed by atoms with van der Waals surface area (Å²) in [5.41, 5.74) is 1.18. The quantitative estimate of drug-likeness (QED) is 0.749. The van der Waals surface area contributed by atoms with Gasteiger partial charge < -0.3 is 14.8 Å². The van der Waals surface area contributed by atoms with E-state index in [-0.39, 0.29) is 0 Å². The van der Waals surface area contributed by atoms with E-state index in [9.17, 15) is 0 Å². The Kier molecular flexibility index (Phi) is 5.43. The molecule has 5 heteroatoms. The van der Waals surface area contributed by atoms with Crippen molar-refractivity contribution in [2.75, 3.05) is 20.8 Å². The van der Waals surface area contributed by atoms with Crippen molar-refractivity contribution in [1.29, 1.82) is 0 Å². The number of hydrogen-bond acceptors (Lipinski definition) is 4. The molecular weight excluding hydrogens is 254 g/mol. The van der Waals surface area contributed by atoms with Crippen molar-refractivity contribution in [3.63, 3.8) is 0 Å². The fourth-order valence-corrected chi connectivity index (χ4v) is 2.02. The summed E-state index contributed by atoms with van der Waals surface area (Å²) in [6.07, 6.45) is 4.83. The van der Waals surface area contributed by atoms with E-state index in [0.29, 0.717) is 0 Å². The number of nitrogens with one attached hydrogen (secondary N) is 1. The smallest absolute Gasteiger partial charge is 0.161 e. The molecule has 1 aromatic carbocycles. The standard InChI is InChI=1S/C15H21N3O2/c1-19-14-6-5-13(11-15(14)20-2)12-16-7-3-9-18-10-4-8-17-18/h4-6,8,10-11,16H,3,7,9,12H2,1-2H3. The Balaban J connectivity index is 1.73. The van der Waals surface area contributed by atoms with Crippen molar-refractivity contribution < 1.29 is 9.47 Å². The van der Waals surface area contributed by atoms with E-state index < -0.39 is 0 Å². The lowest BCUT2D eigenvalue weighted by Crippen LogP contribution is -2.16. The van der Waals surface area contributed by atoms with E-state index in [1.54, 1.807) is 20.4 Å². The molecule has 0 aliphatic rings. The topological polar surface area (TPSA) is 48.3 Å². The Labute approximate surface area is 119 Å². The molecule has 0 spiro atoms. The van der Waals surface area contributed by atoms with Gasteiger partial charge in [-0.15, -0.1) is 0 Å². The SMILES string of the molecule is COc1ccc(CNCCCn2cccn2)cc1OC. The first-order valence-electron chi connectivity index (χ1n) is 6.72. The van der Waals surface area contributed by atoms with Crippen molar-refractivity contribution in [2.24, 2.45) is 0 Å². The van der Waals surface area contributed by atoms with E-state index in [0.717, 1.165) is 37.6 Å². The zero-order valence-corrected chi connectivity index (χ0v) is 12.0. The maximum Gasteiger partial charge on any atom is 0.161 e. The van der Waals surface area contributed by atoms with E-state index in [1.807, 2.05) is 35.1 Å². The lowest BCUT2D eigenvalue weighted by atomic mass is 10.2. The highest BCUT2D eigenvalue weighted by atomic mass is 16.5. The van der Waals surface area contributed by atoms with E-state index in [1.165, 1.54) is 5.56 Å². The summed E-state index contributed by atoms with van der Waals surface area (Å²) in [6.45, 7) is 2.71. The zero-order valence-electron chi connectivity index (χ0n) is 12.0. The van der Waals surface area contributed by atoms with Gasteiger partial charge in [0.15, 0.2) is 11.5 Å². The van der Waals surface area contributed by atoms with Crippen LogP contribution in [0.4, 0.5) is 0 Å². The number of rotatable bonds is 8. The number of aromatic nitrogens is 2. The number of nitrogens with zero attached hydrogens (tertiary/aromatic N) is 2. The third-order valence-electron chi connectivity index (χ3n) is 3.08. The molecule has 0 unspecified atom stereocenters. The highest BCUT2D eigenvalue weighted by Gasteiger charge is 2.03. The molecule has 20 heavy (non-hydrogen) atoms. The first-order chi connectivity index (χ1) is 9.83. The van der Waals surface area contributed by atoms with Crippen LogP contribution in [0.1, 0.15) is 12.0 Å². The number of ether oxygens (including phenoxy) is 2. The Hall–Kier alpha value is -2.01. The third-order valence-corrected chi connectivity index (χ3v) is 3.08. The van der Waals surface area contributed by atoms with Gasteiger partial charge in [-0.05, 0) is 36.7 Å². The van der Waals surface area contributed by atoms with Gasteiger partial charge in [0.25, 0.3) is 0 Å². The third kappa shape index (κ3) is 3.99. The molecular formula is C15H21N3O2. The minimum absolute atomic E-state index is 0.759. The van der Waals surface area contributed by atoms with Gasteiger partial charge in [0.2, 0.25) is 0 Å². The Morgan fingerprint density at radius 2 is 2.05 bits per heavy atom. The van der Waals surface area contributed by atoms with E-state index in [4.69, 9.17) is 9.47 Å². The molecule has 2 aromatic rings. The van der Waals surface area contributed by atoms with Crippen LogP contribution in [0.5, 0.6) is 11.5 Å². The molecule has 0 radical (unpaired) electrons. The average molecular weight is 275 g/mol. The fraction of sp³-hybridized carbons (Fsp3) is 0.400. The lowest BCUT2D eigenvalue weighted by Gasteiger charge is -2.10. The molecule has 0 aliphatic heterocycles. The Morgan fingerprint density at radius 3 is 2.75 bits per heavy atom. The fourth-order valence-electron chi connectivity index (χ4n) is 2.02. The molecule has 0 atom stereocenters. The van der Waals surface area contributed by atoms with Crippen LogP contribution in [0, 0.1) is 0 Å². The zero-order chi connectivity index (χ0) is 14.2. The summed E-state index contributed by atoms with van der Waals surface area (Å²) in [4.78, 5) is 0. The molecule has 108 valence electrons. The molecule has 1 aromatic heterocycles. The van der Waals surface area contributed by atoms with Crippen LogP contribution in [-0.4, -0.2) is 30.5 Å². The highest BCUT2D eigenvalue weighted by Crippen LogP contribution is 2.27. The van der Waals surface area contributed by atoms with Gasteiger partial charge in [0, 0.05) is 25.5 Å². The summed E-state index contributed by atoms with van der Waals surface area (Å²) < 4.78 is 12.5. The number of methoxy groups -OCH3 is 2. The van der Waals surface area contributed by atoms with Crippen LogP contribution in [-0.2, 0) is 13.1 Å². The minimum Gasteiger partial charge on any atom is -0.493 e. The van der Waals surface area contributed by atoms with Crippen molar-refractivity contribution in [3.05, 3.63) is 42.2 Å². The first-order valence-corrected chi connectivity index (χ1v) is 6.72.